The molecule has 0 fully saturated rings. The summed E-state index contributed by atoms with van der Waals surface area (Å²) in [6, 6.07) is 5.98. The Labute approximate surface area is 64.4 Å². The molecule has 48 valence electrons. The number of pyridine rings is 1. The number of nitrogens with zero attached hydrogens (tertiary/aromatic N) is 1. The molecule has 1 heterocycles. The van der Waals surface area contributed by atoms with E-state index in [1.165, 1.54) is 0 Å². The van der Waals surface area contributed by atoms with Gasteiger partial charge in [0.25, 0.3) is 0 Å². The van der Waals surface area contributed by atoms with Gasteiger partial charge in [-0.05, 0) is 19.4 Å². The summed E-state index contributed by atoms with van der Waals surface area (Å²) in [5.74, 6) is 0. The molecule has 0 radical (unpaired) electrons. The van der Waals surface area contributed by atoms with E-state index in [2.05, 4.69) is 20.5 Å². The second-order valence-electron chi connectivity index (χ2n) is 1.63. The zero-order valence-electron chi connectivity index (χ0n) is 4.84. The van der Waals surface area contributed by atoms with Crippen molar-refractivity contribution >= 4 is 22.8 Å². The molecular formula is C6H7BrNP. The van der Waals surface area contributed by atoms with Crippen LogP contribution < -0.4 is 0 Å². The number of aromatic nitrogens is 1. The lowest BCUT2D eigenvalue weighted by Crippen LogP contribution is -1.79. The van der Waals surface area contributed by atoms with Gasteiger partial charge in [0.1, 0.15) is 0 Å². The number of hydrogen-bond donors (Lipinski definition) is 0. The molecule has 0 aromatic carbocycles. The standard InChI is InChI=1S/C6H7BrNP/c7-9-5-6-3-1-2-4-8-6/h1-4,9H,5H2. The van der Waals surface area contributed by atoms with Crippen molar-refractivity contribution in [1.82, 2.24) is 4.98 Å². The fraction of sp³-hybridized carbons (Fsp3) is 0.167. The minimum Gasteiger partial charge on any atom is -0.261 e. The smallest absolute Gasteiger partial charge is 0.0451 e. The van der Waals surface area contributed by atoms with Crippen molar-refractivity contribution in [2.75, 3.05) is 0 Å². The molecule has 0 N–H and O–H groups in total. The highest BCUT2D eigenvalue weighted by Crippen LogP contribution is 2.23. The first kappa shape index (κ1) is 7.17. The normalized spacial score (nSPS) is 10.8. The molecule has 1 aromatic heterocycles. The molecule has 3 heteroatoms. The van der Waals surface area contributed by atoms with Gasteiger partial charge < -0.3 is 0 Å². The lowest BCUT2D eigenvalue weighted by atomic mass is 10.4. The molecule has 0 aliphatic carbocycles. The van der Waals surface area contributed by atoms with Crippen LogP contribution in [0.3, 0.4) is 0 Å². The van der Waals surface area contributed by atoms with E-state index in [9.17, 15) is 0 Å². The van der Waals surface area contributed by atoms with Crippen LogP contribution in [0.5, 0.6) is 0 Å². The van der Waals surface area contributed by atoms with Crippen molar-refractivity contribution in [2.24, 2.45) is 0 Å². The van der Waals surface area contributed by atoms with E-state index in [1.54, 1.807) is 0 Å². The summed E-state index contributed by atoms with van der Waals surface area (Å²) < 4.78 is 0. The summed E-state index contributed by atoms with van der Waals surface area (Å²) in [5.41, 5.74) is 1.16. The van der Waals surface area contributed by atoms with Crippen molar-refractivity contribution in [2.45, 2.75) is 6.16 Å². The summed E-state index contributed by atoms with van der Waals surface area (Å²) in [7, 11) is 0.785. The van der Waals surface area contributed by atoms with Crippen LogP contribution in [0.25, 0.3) is 0 Å². The zero-order chi connectivity index (χ0) is 6.53. The van der Waals surface area contributed by atoms with Crippen LogP contribution >= 0.6 is 22.8 Å². The fourth-order valence-electron chi connectivity index (χ4n) is 0.571. The van der Waals surface area contributed by atoms with Crippen LogP contribution in [-0.2, 0) is 6.16 Å². The maximum absolute atomic E-state index is 4.15. The van der Waals surface area contributed by atoms with Crippen molar-refractivity contribution in [1.29, 1.82) is 0 Å². The third kappa shape index (κ3) is 2.42. The minimum absolute atomic E-state index is 0.785. The second kappa shape index (κ2) is 3.97. The van der Waals surface area contributed by atoms with Gasteiger partial charge in [0.15, 0.2) is 0 Å². The average molecular weight is 204 g/mol. The Morgan fingerprint density at radius 2 is 2.44 bits per heavy atom. The number of rotatable bonds is 2. The van der Waals surface area contributed by atoms with Crippen molar-refractivity contribution in [3.8, 4) is 0 Å². The van der Waals surface area contributed by atoms with E-state index in [0.717, 1.165) is 19.1 Å². The summed E-state index contributed by atoms with van der Waals surface area (Å²) in [6.07, 6.45) is 2.86. The monoisotopic (exact) mass is 203 g/mol. The van der Waals surface area contributed by atoms with Crippen LogP contribution in [0.15, 0.2) is 24.4 Å². The third-order valence-corrected chi connectivity index (χ3v) is 2.31. The Morgan fingerprint density at radius 3 is 3.00 bits per heavy atom. The highest BCUT2D eigenvalue weighted by atomic mass is 79.9. The molecule has 1 unspecified atom stereocenters. The molecule has 1 aromatic rings. The van der Waals surface area contributed by atoms with Crippen LogP contribution in [0.4, 0.5) is 0 Å². The van der Waals surface area contributed by atoms with E-state index in [4.69, 9.17) is 0 Å². The summed E-state index contributed by atoms with van der Waals surface area (Å²) in [5, 5.41) is 0. The first-order valence-electron chi connectivity index (χ1n) is 2.67. The second-order valence-corrected chi connectivity index (χ2v) is 3.93. The first-order chi connectivity index (χ1) is 4.43. The van der Waals surface area contributed by atoms with Crippen LogP contribution in [-0.4, -0.2) is 4.98 Å². The molecule has 0 aliphatic rings. The van der Waals surface area contributed by atoms with E-state index < -0.39 is 0 Å². The third-order valence-electron chi connectivity index (χ3n) is 0.974. The SMILES string of the molecule is BrPCc1ccccn1. The summed E-state index contributed by atoms with van der Waals surface area (Å²) >= 11 is 3.37. The van der Waals surface area contributed by atoms with Crippen molar-refractivity contribution in [3.63, 3.8) is 0 Å². The molecule has 9 heavy (non-hydrogen) atoms. The number of halogens is 1. The zero-order valence-corrected chi connectivity index (χ0v) is 7.43. The lowest BCUT2D eigenvalue weighted by molar-refractivity contribution is 1.18. The van der Waals surface area contributed by atoms with Gasteiger partial charge in [0, 0.05) is 18.1 Å². The molecule has 1 rings (SSSR count). The quantitative estimate of drug-likeness (QED) is 0.674. The molecule has 0 saturated carbocycles. The Hall–Kier alpha value is 0.0600. The Kier molecular flexibility index (Phi) is 3.16. The molecular weight excluding hydrogens is 197 g/mol. The Balaban J connectivity index is 2.61. The van der Waals surface area contributed by atoms with Gasteiger partial charge in [-0.25, -0.2) is 0 Å². The fourth-order valence-corrected chi connectivity index (χ4v) is 1.78. The van der Waals surface area contributed by atoms with E-state index in [0.29, 0.717) is 0 Å². The van der Waals surface area contributed by atoms with Crippen LogP contribution in [0.1, 0.15) is 5.69 Å². The summed E-state index contributed by atoms with van der Waals surface area (Å²) in [4.78, 5) is 4.15. The largest absolute Gasteiger partial charge is 0.261 e. The maximum atomic E-state index is 4.15. The highest BCUT2D eigenvalue weighted by molar-refractivity contribution is 9.36. The van der Waals surface area contributed by atoms with Gasteiger partial charge in [0.2, 0.25) is 0 Å². The molecule has 0 saturated heterocycles. The van der Waals surface area contributed by atoms with Gasteiger partial charge in [-0.2, -0.15) is 0 Å². The van der Waals surface area contributed by atoms with E-state index in [-0.39, 0.29) is 0 Å². The van der Waals surface area contributed by atoms with Gasteiger partial charge in [-0.3, -0.25) is 4.98 Å². The maximum Gasteiger partial charge on any atom is 0.0451 e. The molecule has 0 amide bonds. The molecule has 0 aliphatic heterocycles. The molecule has 1 nitrogen and oxygen atoms in total. The molecule has 1 atom stereocenters. The van der Waals surface area contributed by atoms with Gasteiger partial charge in [0.05, 0.1) is 0 Å². The van der Waals surface area contributed by atoms with Crippen molar-refractivity contribution in [3.05, 3.63) is 30.1 Å². The van der Waals surface area contributed by atoms with Gasteiger partial charge in [-0.1, -0.05) is 21.6 Å². The van der Waals surface area contributed by atoms with Crippen LogP contribution in [0, 0.1) is 0 Å². The molecule has 0 bridgehead atoms. The first-order valence-corrected chi connectivity index (χ1v) is 6.13. The topological polar surface area (TPSA) is 12.9 Å². The Morgan fingerprint density at radius 1 is 1.56 bits per heavy atom. The van der Waals surface area contributed by atoms with Gasteiger partial charge in [-0.15, -0.1) is 0 Å². The van der Waals surface area contributed by atoms with E-state index in [1.807, 2.05) is 24.4 Å². The predicted octanol–water partition coefficient (Wildman–Crippen LogP) is 2.57. The molecule has 0 spiro atoms. The number of hydrogen-bond acceptors (Lipinski definition) is 1. The minimum atomic E-state index is 0.785. The van der Waals surface area contributed by atoms with E-state index >= 15 is 0 Å². The Bertz CT molecular complexity index is 166. The van der Waals surface area contributed by atoms with Crippen LogP contribution in [0.2, 0.25) is 0 Å². The lowest BCUT2D eigenvalue weighted by Gasteiger charge is -1.91. The van der Waals surface area contributed by atoms with Crippen molar-refractivity contribution < 1.29 is 0 Å². The van der Waals surface area contributed by atoms with Gasteiger partial charge >= 0.3 is 0 Å². The predicted molar refractivity (Wildman–Crippen MR) is 45.2 cm³/mol. The average Bonchev–Trinajstić information content (AvgIpc) is 1.91. The summed E-state index contributed by atoms with van der Waals surface area (Å²) in [6.45, 7) is 0. The highest BCUT2D eigenvalue weighted by Gasteiger charge is 1.87.